The van der Waals surface area contributed by atoms with Crippen molar-refractivity contribution in [1.29, 1.82) is 0 Å². The minimum Gasteiger partial charge on any atom is -0.496 e. The highest BCUT2D eigenvalue weighted by Crippen LogP contribution is 2.42. The fraction of sp³-hybridized carbons (Fsp3) is 0.333. The molecule has 1 saturated heterocycles. The maximum atomic E-state index is 11.9. The minimum atomic E-state index is -0.396. The summed E-state index contributed by atoms with van der Waals surface area (Å²) in [6.07, 6.45) is 2.31. The standard InChI is InChI=1S/C24H27N5O4S/c1-15-13-18(16(2)28(15)20-9-8-17(33-3)14-21(20)29(31)32)23-22(19-7-4-5-10-25-19)26-24(34)27(23)11-6-12-30/h4-5,7-10,13-14,22-23,30H,6,11-12H2,1-3H3,(H,26,34)/t22-,23-/m1/s1. The van der Waals surface area contributed by atoms with Gasteiger partial charge in [-0.2, -0.15) is 0 Å². The smallest absolute Gasteiger partial charge is 0.296 e. The maximum Gasteiger partial charge on any atom is 0.296 e. The molecule has 4 rings (SSSR count). The first kappa shape index (κ1) is 23.7. The van der Waals surface area contributed by atoms with E-state index in [1.54, 1.807) is 18.3 Å². The van der Waals surface area contributed by atoms with Crippen molar-refractivity contribution in [2.24, 2.45) is 0 Å². The largest absolute Gasteiger partial charge is 0.496 e. The van der Waals surface area contributed by atoms with E-state index >= 15 is 0 Å². The summed E-state index contributed by atoms with van der Waals surface area (Å²) in [4.78, 5) is 18.1. The van der Waals surface area contributed by atoms with Gasteiger partial charge in [0.15, 0.2) is 5.11 Å². The van der Waals surface area contributed by atoms with E-state index in [1.807, 2.05) is 42.7 Å². The third-order valence-corrected chi connectivity index (χ3v) is 6.52. The minimum absolute atomic E-state index is 0.0359. The highest BCUT2D eigenvalue weighted by molar-refractivity contribution is 7.80. The van der Waals surface area contributed by atoms with Crippen LogP contribution in [-0.4, -0.2) is 49.9 Å². The number of aliphatic hydroxyl groups excluding tert-OH is 1. The van der Waals surface area contributed by atoms with Crippen molar-refractivity contribution in [3.05, 3.63) is 81.4 Å². The van der Waals surface area contributed by atoms with Crippen LogP contribution >= 0.6 is 12.2 Å². The Bertz CT molecular complexity index is 1210. The highest BCUT2D eigenvalue weighted by atomic mass is 32.1. The second-order valence-electron chi connectivity index (χ2n) is 8.17. The molecule has 3 aromatic rings. The molecular formula is C24H27N5O4S. The first-order valence-electron chi connectivity index (χ1n) is 11.0. The summed E-state index contributed by atoms with van der Waals surface area (Å²) in [6, 6.07) is 12.3. The monoisotopic (exact) mass is 481 g/mol. The number of thiocarbonyl (C=S) groups is 1. The molecule has 0 radical (unpaired) electrons. The second kappa shape index (κ2) is 9.78. The Labute approximate surface area is 203 Å². The summed E-state index contributed by atoms with van der Waals surface area (Å²) < 4.78 is 7.10. The Hall–Kier alpha value is -3.50. The Morgan fingerprint density at radius 2 is 2.06 bits per heavy atom. The first-order chi connectivity index (χ1) is 16.4. The van der Waals surface area contributed by atoms with Gasteiger partial charge in [0.25, 0.3) is 5.69 Å². The molecule has 0 unspecified atom stereocenters. The number of nitrogens with one attached hydrogen (secondary N) is 1. The molecule has 2 N–H and O–H groups in total. The Morgan fingerprint density at radius 1 is 1.26 bits per heavy atom. The molecule has 0 bridgehead atoms. The van der Waals surface area contributed by atoms with E-state index in [-0.39, 0.29) is 24.4 Å². The van der Waals surface area contributed by atoms with Gasteiger partial charge in [0.2, 0.25) is 0 Å². The lowest BCUT2D eigenvalue weighted by Crippen LogP contribution is -2.31. The van der Waals surface area contributed by atoms with E-state index < -0.39 is 4.92 Å². The van der Waals surface area contributed by atoms with Crippen LogP contribution < -0.4 is 10.1 Å². The number of pyridine rings is 1. The van der Waals surface area contributed by atoms with Gasteiger partial charge in [0, 0.05) is 30.7 Å². The lowest BCUT2D eigenvalue weighted by molar-refractivity contribution is -0.384. The normalized spacial score (nSPS) is 17.6. The molecule has 0 saturated carbocycles. The predicted octanol–water partition coefficient (Wildman–Crippen LogP) is 3.76. The van der Waals surface area contributed by atoms with Crippen LogP contribution in [0.4, 0.5) is 5.69 Å². The van der Waals surface area contributed by atoms with E-state index in [2.05, 4.69) is 15.2 Å². The molecule has 0 spiro atoms. The molecule has 1 fully saturated rings. The number of hydrogen-bond acceptors (Lipinski definition) is 6. The number of benzene rings is 1. The van der Waals surface area contributed by atoms with Gasteiger partial charge in [-0.1, -0.05) is 6.07 Å². The van der Waals surface area contributed by atoms with Crippen molar-refractivity contribution in [3.63, 3.8) is 0 Å². The number of aliphatic hydroxyl groups is 1. The number of nitrogens with zero attached hydrogens (tertiary/aromatic N) is 4. The third kappa shape index (κ3) is 4.22. The van der Waals surface area contributed by atoms with E-state index in [1.165, 1.54) is 13.2 Å². The van der Waals surface area contributed by atoms with Crippen LogP contribution in [0.25, 0.3) is 5.69 Å². The van der Waals surface area contributed by atoms with Crippen molar-refractivity contribution in [2.45, 2.75) is 32.4 Å². The zero-order valence-electron chi connectivity index (χ0n) is 19.3. The molecule has 178 valence electrons. The fourth-order valence-corrected chi connectivity index (χ4v) is 4.98. The molecule has 2 aromatic heterocycles. The van der Waals surface area contributed by atoms with Crippen LogP contribution in [-0.2, 0) is 0 Å². The van der Waals surface area contributed by atoms with Crippen LogP contribution in [0.1, 0.15) is 41.1 Å². The molecule has 1 aliphatic heterocycles. The predicted molar refractivity (Wildman–Crippen MR) is 132 cm³/mol. The SMILES string of the molecule is COc1ccc(-n2c(C)cc([C@@H]3[C@@H](c4ccccn4)NC(=S)N3CCCO)c2C)c([N+](=O)[O-])c1. The summed E-state index contributed by atoms with van der Waals surface area (Å²) in [5, 5.41) is 25.3. The number of nitro benzene ring substituents is 1. The third-order valence-electron chi connectivity index (χ3n) is 6.16. The number of methoxy groups -OCH3 is 1. The topological polar surface area (TPSA) is 106 Å². The number of rotatable bonds is 8. The summed E-state index contributed by atoms with van der Waals surface area (Å²) in [5.74, 6) is 0.425. The number of nitro groups is 1. The van der Waals surface area contributed by atoms with Crippen molar-refractivity contribution in [3.8, 4) is 11.4 Å². The first-order valence-corrected chi connectivity index (χ1v) is 11.4. The van der Waals surface area contributed by atoms with Crippen LogP contribution in [0.15, 0.2) is 48.7 Å². The maximum absolute atomic E-state index is 11.9. The summed E-state index contributed by atoms with van der Waals surface area (Å²) in [5.41, 5.74) is 4.01. The summed E-state index contributed by atoms with van der Waals surface area (Å²) >= 11 is 5.66. The molecule has 1 aromatic carbocycles. The Morgan fingerprint density at radius 3 is 2.71 bits per heavy atom. The second-order valence-corrected chi connectivity index (χ2v) is 8.56. The molecule has 3 heterocycles. The number of aromatic nitrogens is 2. The number of hydrogen-bond donors (Lipinski definition) is 2. The van der Waals surface area contributed by atoms with E-state index in [0.29, 0.717) is 29.5 Å². The lowest BCUT2D eigenvalue weighted by Gasteiger charge is -2.28. The molecule has 0 aliphatic carbocycles. The average molecular weight is 482 g/mol. The van der Waals surface area contributed by atoms with Crippen molar-refractivity contribution < 1.29 is 14.8 Å². The Kier molecular flexibility index (Phi) is 6.80. The van der Waals surface area contributed by atoms with Gasteiger partial charge in [0.1, 0.15) is 11.4 Å². The van der Waals surface area contributed by atoms with Crippen LogP contribution in [0.2, 0.25) is 0 Å². The highest BCUT2D eigenvalue weighted by Gasteiger charge is 2.41. The van der Waals surface area contributed by atoms with Crippen LogP contribution in [0.5, 0.6) is 5.75 Å². The molecule has 9 nitrogen and oxygen atoms in total. The van der Waals surface area contributed by atoms with Crippen LogP contribution in [0.3, 0.4) is 0 Å². The zero-order valence-corrected chi connectivity index (χ0v) is 20.1. The lowest BCUT2D eigenvalue weighted by atomic mass is 9.96. The Balaban J connectivity index is 1.86. The van der Waals surface area contributed by atoms with Gasteiger partial charge >= 0.3 is 0 Å². The summed E-state index contributed by atoms with van der Waals surface area (Å²) in [7, 11) is 1.48. The van der Waals surface area contributed by atoms with E-state index in [4.69, 9.17) is 17.0 Å². The van der Waals surface area contributed by atoms with Gasteiger partial charge < -0.3 is 24.6 Å². The molecular weight excluding hydrogens is 454 g/mol. The number of ether oxygens (including phenoxy) is 1. The van der Waals surface area contributed by atoms with Gasteiger partial charge in [-0.3, -0.25) is 15.1 Å². The summed E-state index contributed by atoms with van der Waals surface area (Å²) in [6.45, 7) is 4.51. The quantitative estimate of drug-likeness (QED) is 0.285. The van der Waals surface area contributed by atoms with Crippen molar-refractivity contribution in [1.82, 2.24) is 19.8 Å². The average Bonchev–Trinajstić information content (AvgIpc) is 3.32. The molecule has 1 aliphatic rings. The van der Waals surface area contributed by atoms with Crippen molar-refractivity contribution >= 4 is 23.0 Å². The van der Waals surface area contributed by atoms with E-state index in [0.717, 1.165) is 22.6 Å². The fourth-order valence-electron chi connectivity index (χ4n) is 4.65. The van der Waals surface area contributed by atoms with Crippen molar-refractivity contribution in [2.75, 3.05) is 20.3 Å². The van der Waals surface area contributed by atoms with Crippen LogP contribution in [0, 0.1) is 24.0 Å². The van der Waals surface area contributed by atoms with Gasteiger partial charge in [-0.15, -0.1) is 0 Å². The van der Waals surface area contributed by atoms with Gasteiger partial charge in [-0.05, 0) is 68.4 Å². The van der Waals surface area contributed by atoms with Gasteiger partial charge in [-0.25, -0.2) is 0 Å². The van der Waals surface area contributed by atoms with E-state index in [9.17, 15) is 15.2 Å². The molecule has 2 atom stereocenters. The number of aryl methyl sites for hydroxylation is 1. The molecule has 10 heteroatoms. The zero-order chi connectivity index (χ0) is 24.4. The van der Waals surface area contributed by atoms with Gasteiger partial charge in [0.05, 0.1) is 35.9 Å². The molecule has 34 heavy (non-hydrogen) atoms. The molecule has 0 amide bonds.